The number of hydrogen-bond acceptors (Lipinski definition) is 4. The molecule has 0 radical (unpaired) electrons. The first-order valence-corrected chi connectivity index (χ1v) is 6.27. The number of para-hydroxylation sites is 1. The van der Waals surface area contributed by atoms with Crippen molar-refractivity contribution in [3.63, 3.8) is 0 Å². The number of rotatable bonds is 4. The van der Waals surface area contributed by atoms with Crippen LogP contribution in [0.1, 0.15) is 6.42 Å². The minimum Gasteiger partial charge on any atom is -0.324 e. The molecule has 0 bridgehead atoms. The molecule has 0 unspecified atom stereocenters. The first-order valence-electron chi connectivity index (χ1n) is 5.48. The molecule has 0 atom stereocenters. The number of nitriles is 1. The molecule has 0 aliphatic rings. The molecule has 0 N–H and O–H groups in total. The molecule has 18 heavy (non-hydrogen) atoms. The highest BCUT2D eigenvalue weighted by molar-refractivity contribution is 9.10. The Morgan fingerprint density at radius 3 is 2.56 bits per heavy atom. The zero-order chi connectivity index (χ0) is 12.8. The van der Waals surface area contributed by atoms with Crippen LogP contribution in [-0.2, 0) is 0 Å². The van der Waals surface area contributed by atoms with E-state index in [-0.39, 0.29) is 0 Å². The highest BCUT2D eigenvalue weighted by Crippen LogP contribution is 2.23. The quantitative estimate of drug-likeness (QED) is 0.869. The normalized spacial score (nSPS) is 9.78. The summed E-state index contributed by atoms with van der Waals surface area (Å²) >= 11 is 3.26. The fourth-order valence-corrected chi connectivity index (χ4v) is 1.80. The smallest absolute Gasteiger partial charge is 0.151 e. The van der Waals surface area contributed by atoms with E-state index in [1.807, 2.05) is 35.2 Å². The number of halogens is 1. The van der Waals surface area contributed by atoms with Gasteiger partial charge in [-0.05, 0) is 28.1 Å². The molecule has 2 rings (SSSR count). The molecule has 2 aromatic rings. The summed E-state index contributed by atoms with van der Waals surface area (Å²) < 4.78 is 0.694. The summed E-state index contributed by atoms with van der Waals surface area (Å²) in [5, 5.41) is 8.73. The Balaban J connectivity index is 2.31. The van der Waals surface area contributed by atoms with Crippen molar-refractivity contribution in [3.8, 4) is 6.07 Å². The van der Waals surface area contributed by atoms with Gasteiger partial charge in [-0.1, -0.05) is 18.2 Å². The molecule has 5 heteroatoms. The molecule has 0 aliphatic heterocycles. The predicted molar refractivity (Wildman–Crippen MR) is 73.4 cm³/mol. The van der Waals surface area contributed by atoms with Gasteiger partial charge in [0.05, 0.1) is 24.9 Å². The standard InChI is InChI=1S/C13H11BrN4/c14-12-9-17-13(10-16-12)18(8-4-7-15)11-5-2-1-3-6-11/h1-3,5-6,9-10H,4,8H2. The molecule has 1 aromatic heterocycles. The maximum atomic E-state index is 8.73. The Morgan fingerprint density at radius 2 is 1.94 bits per heavy atom. The first kappa shape index (κ1) is 12.5. The van der Waals surface area contributed by atoms with Gasteiger partial charge in [0.2, 0.25) is 0 Å². The highest BCUT2D eigenvalue weighted by atomic mass is 79.9. The van der Waals surface area contributed by atoms with Gasteiger partial charge in [-0.3, -0.25) is 0 Å². The zero-order valence-electron chi connectivity index (χ0n) is 9.62. The van der Waals surface area contributed by atoms with Crippen molar-refractivity contribution in [1.29, 1.82) is 5.26 Å². The average molecular weight is 303 g/mol. The lowest BCUT2D eigenvalue weighted by Crippen LogP contribution is -2.19. The van der Waals surface area contributed by atoms with Gasteiger partial charge < -0.3 is 4.90 Å². The minimum absolute atomic E-state index is 0.437. The summed E-state index contributed by atoms with van der Waals surface area (Å²) in [7, 11) is 0. The third-order valence-corrected chi connectivity index (χ3v) is 2.81. The summed E-state index contributed by atoms with van der Waals surface area (Å²) in [4.78, 5) is 10.5. The number of benzene rings is 1. The van der Waals surface area contributed by atoms with Crippen molar-refractivity contribution in [2.75, 3.05) is 11.4 Å². The van der Waals surface area contributed by atoms with E-state index in [9.17, 15) is 0 Å². The Bertz CT molecular complexity index is 533. The first-order chi connectivity index (χ1) is 8.81. The molecule has 1 heterocycles. The van der Waals surface area contributed by atoms with Crippen LogP contribution >= 0.6 is 15.9 Å². The Hall–Kier alpha value is -1.93. The Kier molecular flexibility index (Phi) is 4.26. The molecule has 1 aromatic carbocycles. The van der Waals surface area contributed by atoms with Crippen molar-refractivity contribution in [3.05, 3.63) is 47.3 Å². The third-order valence-electron chi connectivity index (χ3n) is 2.40. The van der Waals surface area contributed by atoms with Gasteiger partial charge in [0, 0.05) is 12.2 Å². The van der Waals surface area contributed by atoms with Gasteiger partial charge in [-0.2, -0.15) is 5.26 Å². The van der Waals surface area contributed by atoms with E-state index < -0.39 is 0 Å². The van der Waals surface area contributed by atoms with Crippen molar-refractivity contribution in [1.82, 2.24) is 9.97 Å². The van der Waals surface area contributed by atoms with Gasteiger partial charge in [0.15, 0.2) is 5.82 Å². The minimum atomic E-state index is 0.437. The largest absolute Gasteiger partial charge is 0.324 e. The van der Waals surface area contributed by atoms with Crippen LogP contribution in [0.5, 0.6) is 0 Å². The van der Waals surface area contributed by atoms with Crippen LogP contribution in [0.4, 0.5) is 11.5 Å². The molecule has 0 saturated heterocycles. The zero-order valence-corrected chi connectivity index (χ0v) is 11.2. The van der Waals surface area contributed by atoms with E-state index in [1.54, 1.807) is 12.4 Å². The summed E-state index contributed by atoms with van der Waals surface area (Å²) in [6.45, 7) is 0.594. The molecule has 0 fully saturated rings. The van der Waals surface area contributed by atoms with Gasteiger partial charge >= 0.3 is 0 Å². The van der Waals surface area contributed by atoms with E-state index in [4.69, 9.17) is 5.26 Å². The molecule has 0 spiro atoms. The van der Waals surface area contributed by atoms with Crippen LogP contribution in [0.15, 0.2) is 47.3 Å². The van der Waals surface area contributed by atoms with Crippen LogP contribution in [-0.4, -0.2) is 16.5 Å². The molecule has 0 saturated carbocycles. The van der Waals surface area contributed by atoms with Crippen molar-refractivity contribution < 1.29 is 0 Å². The molecular weight excluding hydrogens is 292 g/mol. The molecule has 0 amide bonds. The summed E-state index contributed by atoms with van der Waals surface area (Å²) in [6.07, 6.45) is 3.78. The number of aromatic nitrogens is 2. The SMILES string of the molecule is N#CCCN(c1ccccc1)c1cnc(Br)cn1. The molecule has 0 aliphatic carbocycles. The monoisotopic (exact) mass is 302 g/mol. The Labute approximate surface area is 114 Å². The summed E-state index contributed by atoms with van der Waals surface area (Å²) in [5.74, 6) is 0.736. The van der Waals surface area contributed by atoms with E-state index >= 15 is 0 Å². The van der Waals surface area contributed by atoms with E-state index in [0.717, 1.165) is 11.5 Å². The second-order valence-electron chi connectivity index (χ2n) is 3.59. The third kappa shape index (κ3) is 3.05. The number of anilines is 2. The predicted octanol–water partition coefficient (Wildman–Crippen LogP) is 3.29. The van der Waals surface area contributed by atoms with Crippen LogP contribution in [0.25, 0.3) is 0 Å². The molecule has 4 nitrogen and oxygen atoms in total. The van der Waals surface area contributed by atoms with Crippen LogP contribution in [0.2, 0.25) is 0 Å². The van der Waals surface area contributed by atoms with E-state index in [0.29, 0.717) is 17.6 Å². The van der Waals surface area contributed by atoms with Gasteiger partial charge in [-0.25, -0.2) is 9.97 Å². The topological polar surface area (TPSA) is 52.8 Å². The highest BCUT2D eigenvalue weighted by Gasteiger charge is 2.10. The van der Waals surface area contributed by atoms with E-state index in [1.165, 1.54) is 0 Å². The fraction of sp³-hybridized carbons (Fsp3) is 0.154. The Morgan fingerprint density at radius 1 is 1.17 bits per heavy atom. The maximum Gasteiger partial charge on any atom is 0.151 e. The molecule has 90 valence electrons. The van der Waals surface area contributed by atoms with Crippen molar-refractivity contribution in [2.24, 2.45) is 0 Å². The summed E-state index contributed by atoms with van der Waals surface area (Å²) in [6, 6.07) is 12.0. The van der Waals surface area contributed by atoms with E-state index in [2.05, 4.69) is 32.0 Å². The summed E-state index contributed by atoms with van der Waals surface area (Å²) in [5.41, 5.74) is 1.00. The average Bonchev–Trinajstić information content (AvgIpc) is 2.42. The fourth-order valence-electron chi connectivity index (χ4n) is 1.59. The number of nitrogens with zero attached hydrogens (tertiary/aromatic N) is 4. The second kappa shape index (κ2) is 6.12. The molecular formula is C13H11BrN4. The second-order valence-corrected chi connectivity index (χ2v) is 4.41. The lowest BCUT2D eigenvalue weighted by atomic mass is 10.2. The lowest BCUT2D eigenvalue weighted by Gasteiger charge is -2.22. The van der Waals surface area contributed by atoms with Gasteiger partial charge in [0.25, 0.3) is 0 Å². The van der Waals surface area contributed by atoms with Gasteiger partial charge in [-0.15, -0.1) is 0 Å². The van der Waals surface area contributed by atoms with Crippen LogP contribution in [0, 0.1) is 11.3 Å². The van der Waals surface area contributed by atoms with Crippen molar-refractivity contribution in [2.45, 2.75) is 6.42 Å². The maximum absolute atomic E-state index is 8.73. The van der Waals surface area contributed by atoms with Crippen LogP contribution < -0.4 is 4.90 Å². The van der Waals surface area contributed by atoms with Crippen LogP contribution in [0.3, 0.4) is 0 Å². The lowest BCUT2D eigenvalue weighted by molar-refractivity contribution is 0.917. The number of hydrogen-bond donors (Lipinski definition) is 0. The van der Waals surface area contributed by atoms with Crippen molar-refractivity contribution >= 4 is 27.4 Å². The van der Waals surface area contributed by atoms with Gasteiger partial charge in [0.1, 0.15) is 4.60 Å².